The van der Waals surface area contributed by atoms with Crippen LogP contribution in [0.3, 0.4) is 0 Å². The van der Waals surface area contributed by atoms with Crippen molar-refractivity contribution in [1.82, 2.24) is 4.57 Å². The quantitative estimate of drug-likeness (QED) is 0.830. The van der Waals surface area contributed by atoms with Gasteiger partial charge in [-0.15, -0.1) is 0 Å². The summed E-state index contributed by atoms with van der Waals surface area (Å²) in [5.74, 6) is -1.59. The standard InChI is InChI=1S/C11H8ClNO3/c1-6(14)13-8-5-3-2-4-7(8)9(12)10(13)11(15)16/h2-5H,1H3,(H,15,16). The summed E-state index contributed by atoms with van der Waals surface area (Å²) in [7, 11) is 0. The summed E-state index contributed by atoms with van der Waals surface area (Å²) in [5, 5.41) is 9.70. The molecule has 0 radical (unpaired) electrons. The zero-order valence-corrected chi connectivity index (χ0v) is 9.15. The molecule has 0 atom stereocenters. The molecule has 82 valence electrons. The van der Waals surface area contributed by atoms with Gasteiger partial charge in [0.25, 0.3) is 0 Å². The number of carbonyl (C=O) groups excluding carboxylic acids is 1. The number of rotatable bonds is 1. The molecule has 0 saturated carbocycles. The Morgan fingerprint density at radius 1 is 1.31 bits per heavy atom. The van der Waals surface area contributed by atoms with Crippen LogP contribution >= 0.6 is 11.6 Å². The molecule has 0 unspecified atom stereocenters. The largest absolute Gasteiger partial charge is 0.477 e. The normalized spacial score (nSPS) is 10.6. The van der Waals surface area contributed by atoms with Gasteiger partial charge in [-0.3, -0.25) is 9.36 Å². The molecule has 5 heteroatoms. The highest BCUT2D eigenvalue weighted by molar-refractivity contribution is 6.39. The Bertz CT molecular complexity index is 601. The summed E-state index contributed by atoms with van der Waals surface area (Å²) < 4.78 is 1.11. The Kier molecular flexibility index (Phi) is 2.44. The first-order chi connectivity index (χ1) is 7.54. The van der Waals surface area contributed by atoms with Crippen LogP contribution in [0, 0.1) is 0 Å². The van der Waals surface area contributed by atoms with E-state index in [0.717, 1.165) is 4.57 Å². The summed E-state index contributed by atoms with van der Waals surface area (Å²) in [6, 6.07) is 6.81. The zero-order chi connectivity index (χ0) is 11.9. The Morgan fingerprint density at radius 3 is 2.50 bits per heavy atom. The van der Waals surface area contributed by atoms with Gasteiger partial charge in [0.1, 0.15) is 0 Å². The second-order valence-corrected chi connectivity index (χ2v) is 3.72. The van der Waals surface area contributed by atoms with E-state index in [4.69, 9.17) is 16.7 Å². The van der Waals surface area contributed by atoms with Gasteiger partial charge < -0.3 is 5.11 Å². The highest BCUT2D eigenvalue weighted by Crippen LogP contribution is 2.30. The van der Waals surface area contributed by atoms with Crippen molar-refractivity contribution in [3.8, 4) is 0 Å². The van der Waals surface area contributed by atoms with E-state index in [-0.39, 0.29) is 16.6 Å². The molecule has 0 aliphatic carbocycles. The molecule has 0 spiro atoms. The van der Waals surface area contributed by atoms with E-state index in [1.807, 2.05) is 0 Å². The molecule has 1 N–H and O–H groups in total. The molecule has 0 saturated heterocycles. The number of aromatic nitrogens is 1. The SMILES string of the molecule is CC(=O)n1c(C(=O)O)c(Cl)c2ccccc21. The fourth-order valence-electron chi connectivity index (χ4n) is 1.72. The molecule has 2 rings (SSSR count). The lowest BCUT2D eigenvalue weighted by molar-refractivity contribution is 0.0676. The first-order valence-electron chi connectivity index (χ1n) is 4.57. The highest BCUT2D eigenvalue weighted by Gasteiger charge is 2.22. The van der Waals surface area contributed by atoms with Crippen LogP contribution in [-0.4, -0.2) is 21.6 Å². The molecule has 1 aromatic heterocycles. The molecule has 16 heavy (non-hydrogen) atoms. The van der Waals surface area contributed by atoms with Crippen LogP contribution in [0.25, 0.3) is 10.9 Å². The average molecular weight is 238 g/mol. The highest BCUT2D eigenvalue weighted by atomic mass is 35.5. The number of fused-ring (bicyclic) bond motifs is 1. The lowest BCUT2D eigenvalue weighted by Gasteiger charge is -2.01. The minimum atomic E-state index is -1.21. The van der Waals surface area contributed by atoms with Gasteiger partial charge in [0.05, 0.1) is 10.5 Å². The number of para-hydroxylation sites is 1. The van der Waals surface area contributed by atoms with Crippen LogP contribution in [-0.2, 0) is 0 Å². The first kappa shape index (κ1) is 10.7. The minimum absolute atomic E-state index is 0.0956. The van der Waals surface area contributed by atoms with Gasteiger partial charge >= 0.3 is 5.97 Å². The molecule has 1 heterocycles. The summed E-state index contributed by atoms with van der Waals surface area (Å²) in [5.41, 5.74) is 0.327. The van der Waals surface area contributed by atoms with Gasteiger partial charge in [-0.1, -0.05) is 29.8 Å². The number of benzene rings is 1. The van der Waals surface area contributed by atoms with Crippen molar-refractivity contribution in [2.75, 3.05) is 0 Å². The van der Waals surface area contributed by atoms with Gasteiger partial charge in [0.2, 0.25) is 5.91 Å². The Morgan fingerprint density at radius 2 is 1.94 bits per heavy atom. The van der Waals surface area contributed by atoms with Crippen LogP contribution in [0.15, 0.2) is 24.3 Å². The summed E-state index contributed by atoms with van der Waals surface area (Å²) in [6.07, 6.45) is 0. The molecular formula is C11H8ClNO3. The Labute approximate surface area is 96.0 Å². The maximum absolute atomic E-state index is 11.4. The molecule has 0 fully saturated rings. The van der Waals surface area contributed by atoms with Crippen molar-refractivity contribution in [2.45, 2.75) is 6.92 Å². The first-order valence-corrected chi connectivity index (χ1v) is 4.95. The van der Waals surface area contributed by atoms with E-state index in [1.165, 1.54) is 6.92 Å². The lowest BCUT2D eigenvalue weighted by atomic mass is 10.2. The molecule has 0 aliphatic heterocycles. The monoisotopic (exact) mass is 237 g/mol. The number of aromatic carboxylic acids is 1. The van der Waals surface area contributed by atoms with Gasteiger partial charge in [-0.25, -0.2) is 4.79 Å². The summed E-state index contributed by atoms with van der Waals surface area (Å²) in [4.78, 5) is 22.5. The molecular weight excluding hydrogens is 230 g/mol. The van der Waals surface area contributed by atoms with Gasteiger partial charge in [-0.2, -0.15) is 0 Å². The maximum Gasteiger partial charge on any atom is 0.354 e. The Balaban J connectivity index is 2.97. The second kappa shape index (κ2) is 3.64. The van der Waals surface area contributed by atoms with Crippen molar-refractivity contribution < 1.29 is 14.7 Å². The summed E-state index contributed by atoms with van der Waals surface area (Å²) >= 11 is 5.95. The third kappa shape index (κ3) is 1.39. The third-order valence-electron chi connectivity index (χ3n) is 2.33. The predicted octanol–water partition coefficient (Wildman–Crippen LogP) is 2.65. The van der Waals surface area contributed by atoms with E-state index in [2.05, 4.69) is 0 Å². The Hall–Kier alpha value is -1.81. The number of nitrogens with zero attached hydrogens (tertiary/aromatic N) is 1. The molecule has 4 nitrogen and oxygen atoms in total. The van der Waals surface area contributed by atoms with Gasteiger partial charge in [0, 0.05) is 12.3 Å². The number of carboxylic acids is 1. The topological polar surface area (TPSA) is 59.3 Å². The maximum atomic E-state index is 11.4. The van der Waals surface area contributed by atoms with Crippen molar-refractivity contribution in [3.05, 3.63) is 35.0 Å². The molecule has 2 aromatic rings. The predicted molar refractivity (Wildman–Crippen MR) is 60.2 cm³/mol. The molecule has 0 bridgehead atoms. The fourth-order valence-corrected chi connectivity index (χ4v) is 2.04. The average Bonchev–Trinajstić information content (AvgIpc) is 2.53. The minimum Gasteiger partial charge on any atom is -0.477 e. The zero-order valence-electron chi connectivity index (χ0n) is 8.40. The third-order valence-corrected chi connectivity index (χ3v) is 2.71. The van der Waals surface area contributed by atoms with Crippen molar-refractivity contribution >= 4 is 34.4 Å². The second-order valence-electron chi connectivity index (χ2n) is 3.34. The van der Waals surface area contributed by atoms with Crippen molar-refractivity contribution in [2.24, 2.45) is 0 Å². The van der Waals surface area contributed by atoms with Crippen LogP contribution < -0.4 is 0 Å². The number of halogens is 1. The van der Waals surface area contributed by atoms with E-state index in [9.17, 15) is 9.59 Å². The van der Waals surface area contributed by atoms with Crippen molar-refractivity contribution in [1.29, 1.82) is 0 Å². The smallest absolute Gasteiger partial charge is 0.354 e. The van der Waals surface area contributed by atoms with Gasteiger partial charge in [-0.05, 0) is 6.07 Å². The van der Waals surface area contributed by atoms with E-state index < -0.39 is 5.97 Å². The lowest BCUT2D eigenvalue weighted by Crippen LogP contribution is -2.13. The van der Waals surface area contributed by atoms with Gasteiger partial charge in [0.15, 0.2) is 5.69 Å². The fraction of sp³-hybridized carbons (Fsp3) is 0.0909. The van der Waals surface area contributed by atoms with Crippen LogP contribution in [0.1, 0.15) is 22.2 Å². The van der Waals surface area contributed by atoms with E-state index >= 15 is 0 Å². The van der Waals surface area contributed by atoms with Crippen LogP contribution in [0.5, 0.6) is 0 Å². The number of hydrogen-bond acceptors (Lipinski definition) is 2. The molecule has 1 aromatic carbocycles. The van der Waals surface area contributed by atoms with Crippen LogP contribution in [0.2, 0.25) is 5.02 Å². The van der Waals surface area contributed by atoms with E-state index in [0.29, 0.717) is 10.9 Å². The van der Waals surface area contributed by atoms with Crippen molar-refractivity contribution in [3.63, 3.8) is 0 Å². The molecule has 0 amide bonds. The molecule has 0 aliphatic rings. The summed E-state index contributed by atoms with van der Waals surface area (Å²) in [6.45, 7) is 1.30. The van der Waals surface area contributed by atoms with Crippen LogP contribution in [0.4, 0.5) is 0 Å². The number of carboxylic acid groups (broad SMARTS) is 1. The number of carbonyl (C=O) groups is 2. The number of hydrogen-bond donors (Lipinski definition) is 1. The van der Waals surface area contributed by atoms with E-state index in [1.54, 1.807) is 24.3 Å².